The lowest BCUT2D eigenvalue weighted by molar-refractivity contribution is -0.146. The van der Waals surface area contributed by atoms with Gasteiger partial charge in [-0.2, -0.15) is 0 Å². The summed E-state index contributed by atoms with van der Waals surface area (Å²) < 4.78 is 16.1. The van der Waals surface area contributed by atoms with Gasteiger partial charge in [0.1, 0.15) is 5.60 Å². The summed E-state index contributed by atoms with van der Waals surface area (Å²) in [6.07, 6.45) is 1.38. The van der Waals surface area contributed by atoms with Crippen LogP contribution in [0.3, 0.4) is 0 Å². The fourth-order valence-electron chi connectivity index (χ4n) is 2.75. The largest absolute Gasteiger partial charge is 0.454 e. The highest BCUT2D eigenvalue weighted by Gasteiger charge is 2.39. The molecular weight excluding hydrogens is 272 g/mol. The van der Waals surface area contributed by atoms with E-state index in [4.69, 9.17) is 14.2 Å². The van der Waals surface area contributed by atoms with E-state index in [0.717, 1.165) is 30.2 Å². The molecular formula is C15H20N2O4. The van der Waals surface area contributed by atoms with Gasteiger partial charge in [0.15, 0.2) is 11.5 Å². The summed E-state index contributed by atoms with van der Waals surface area (Å²) in [6.45, 7) is 2.30. The number of ether oxygens (including phenoxy) is 3. The number of amides is 1. The highest BCUT2D eigenvalue weighted by atomic mass is 16.7. The summed E-state index contributed by atoms with van der Waals surface area (Å²) in [4.78, 5) is 12.4. The lowest BCUT2D eigenvalue weighted by Gasteiger charge is -2.34. The van der Waals surface area contributed by atoms with Gasteiger partial charge in [0.05, 0.1) is 0 Å². The number of hydrogen-bond donors (Lipinski definition) is 2. The van der Waals surface area contributed by atoms with Crippen molar-refractivity contribution in [2.24, 2.45) is 0 Å². The fourth-order valence-corrected chi connectivity index (χ4v) is 2.75. The fraction of sp³-hybridized carbons (Fsp3) is 0.533. The molecule has 0 radical (unpaired) electrons. The number of piperidine rings is 1. The summed E-state index contributed by atoms with van der Waals surface area (Å²) in [5, 5.41) is 6.20. The average molecular weight is 292 g/mol. The highest BCUT2D eigenvalue weighted by Crippen LogP contribution is 2.32. The Morgan fingerprint density at radius 1 is 1.33 bits per heavy atom. The van der Waals surface area contributed by atoms with Crippen LogP contribution >= 0.6 is 0 Å². The van der Waals surface area contributed by atoms with Crippen LogP contribution in [-0.4, -0.2) is 38.5 Å². The van der Waals surface area contributed by atoms with Crippen molar-refractivity contribution in [1.82, 2.24) is 10.6 Å². The number of hydrogen-bond acceptors (Lipinski definition) is 5. The Balaban J connectivity index is 1.62. The Morgan fingerprint density at radius 2 is 2.10 bits per heavy atom. The third-order valence-corrected chi connectivity index (χ3v) is 4.11. The molecule has 1 aromatic rings. The maximum atomic E-state index is 12.4. The van der Waals surface area contributed by atoms with Crippen molar-refractivity contribution in [2.45, 2.75) is 25.0 Å². The number of fused-ring (bicyclic) bond motifs is 1. The number of methoxy groups -OCH3 is 1. The minimum atomic E-state index is -0.707. The molecule has 0 aliphatic carbocycles. The number of rotatable bonds is 4. The molecule has 21 heavy (non-hydrogen) atoms. The summed E-state index contributed by atoms with van der Waals surface area (Å²) in [5.74, 6) is 1.42. The molecule has 6 nitrogen and oxygen atoms in total. The first-order valence-electron chi connectivity index (χ1n) is 7.16. The Kier molecular flexibility index (Phi) is 3.98. The van der Waals surface area contributed by atoms with Gasteiger partial charge in [-0.25, -0.2) is 0 Å². The predicted octanol–water partition coefficient (Wildman–Crippen LogP) is 0.800. The van der Waals surface area contributed by atoms with E-state index in [9.17, 15) is 4.79 Å². The van der Waals surface area contributed by atoms with Crippen LogP contribution in [0.2, 0.25) is 0 Å². The van der Waals surface area contributed by atoms with Crippen molar-refractivity contribution >= 4 is 5.91 Å². The van der Waals surface area contributed by atoms with E-state index in [1.165, 1.54) is 0 Å². The zero-order valence-electron chi connectivity index (χ0n) is 12.1. The molecule has 2 N–H and O–H groups in total. The van der Waals surface area contributed by atoms with Crippen LogP contribution in [0.4, 0.5) is 0 Å². The van der Waals surface area contributed by atoms with Gasteiger partial charge in [-0.3, -0.25) is 4.79 Å². The van der Waals surface area contributed by atoms with Gasteiger partial charge in [-0.15, -0.1) is 0 Å². The molecule has 0 aromatic heterocycles. The van der Waals surface area contributed by atoms with E-state index in [-0.39, 0.29) is 12.7 Å². The summed E-state index contributed by atoms with van der Waals surface area (Å²) in [6, 6.07) is 5.68. The van der Waals surface area contributed by atoms with Crippen molar-refractivity contribution in [3.63, 3.8) is 0 Å². The smallest absolute Gasteiger partial charge is 0.252 e. The number of benzene rings is 1. The summed E-state index contributed by atoms with van der Waals surface area (Å²) in [7, 11) is 1.60. The van der Waals surface area contributed by atoms with Crippen molar-refractivity contribution in [1.29, 1.82) is 0 Å². The zero-order chi connectivity index (χ0) is 14.7. The molecule has 6 heteroatoms. The first-order valence-corrected chi connectivity index (χ1v) is 7.16. The minimum Gasteiger partial charge on any atom is -0.454 e. The lowest BCUT2D eigenvalue weighted by atomic mass is 9.91. The van der Waals surface area contributed by atoms with Gasteiger partial charge in [0, 0.05) is 13.7 Å². The van der Waals surface area contributed by atoms with Crippen molar-refractivity contribution < 1.29 is 19.0 Å². The minimum absolute atomic E-state index is 0.0517. The molecule has 0 atom stereocenters. The molecule has 114 valence electrons. The SMILES string of the molecule is COC1(C(=O)NCc2ccc3c(c2)OCO3)CCNCC1. The molecule has 1 aromatic carbocycles. The number of carbonyl (C=O) groups is 1. The Morgan fingerprint density at radius 3 is 2.86 bits per heavy atom. The quantitative estimate of drug-likeness (QED) is 0.859. The molecule has 2 heterocycles. The normalized spacial score (nSPS) is 19.3. The van der Waals surface area contributed by atoms with Gasteiger partial charge in [-0.1, -0.05) is 6.07 Å². The van der Waals surface area contributed by atoms with Crippen LogP contribution in [0, 0.1) is 0 Å². The molecule has 0 spiro atoms. The monoisotopic (exact) mass is 292 g/mol. The molecule has 1 amide bonds. The van der Waals surface area contributed by atoms with Crippen LogP contribution in [0.15, 0.2) is 18.2 Å². The topological polar surface area (TPSA) is 68.8 Å². The third-order valence-electron chi connectivity index (χ3n) is 4.11. The lowest BCUT2D eigenvalue weighted by Crippen LogP contribution is -2.53. The van der Waals surface area contributed by atoms with Crippen LogP contribution in [0.5, 0.6) is 11.5 Å². The first-order chi connectivity index (χ1) is 10.2. The standard InChI is InChI=1S/C15H20N2O4/c1-19-15(4-6-16-7-5-15)14(18)17-9-11-2-3-12-13(8-11)21-10-20-12/h2-3,8,16H,4-7,9-10H2,1H3,(H,17,18). The first kappa shape index (κ1) is 14.2. The van der Waals surface area contributed by atoms with E-state index in [0.29, 0.717) is 19.4 Å². The van der Waals surface area contributed by atoms with Gasteiger partial charge >= 0.3 is 0 Å². The Hall–Kier alpha value is -1.79. The van der Waals surface area contributed by atoms with Crippen molar-refractivity contribution in [3.8, 4) is 11.5 Å². The van der Waals surface area contributed by atoms with Crippen molar-refractivity contribution in [3.05, 3.63) is 23.8 Å². The second kappa shape index (κ2) is 5.91. The van der Waals surface area contributed by atoms with E-state index in [2.05, 4.69) is 10.6 Å². The number of carbonyl (C=O) groups excluding carboxylic acids is 1. The summed E-state index contributed by atoms with van der Waals surface area (Å²) in [5.41, 5.74) is 0.273. The Bertz CT molecular complexity index is 526. The third kappa shape index (κ3) is 2.82. The van der Waals surface area contributed by atoms with Gasteiger partial charge in [0.2, 0.25) is 6.79 Å². The van der Waals surface area contributed by atoms with Crippen LogP contribution in [0.1, 0.15) is 18.4 Å². The second-order valence-electron chi connectivity index (χ2n) is 5.32. The van der Waals surface area contributed by atoms with Crippen LogP contribution < -0.4 is 20.1 Å². The molecule has 3 rings (SSSR count). The van der Waals surface area contributed by atoms with Gasteiger partial charge < -0.3 is 24.8 Å². The van der Waals surface area contributed by atoms with E-state index < -0.39 is 5.60 Å². The Labute approximate surface area is 123 Å². The molecule has 1 fully saturated rings. The van der Waals surface area contributed by atoms with E-state index in [1.54, 1.807) is 7.11 Å². The van der Waals surface area contributed by atoms with Gasteiger partial charge in [0.25, 0.3) is 5.91 Å². The molecule has 2 aliphatic rings. The van der Waals surface area contributed by atoms with Gasteiger partial charge in [-0.05, 0) is 43.6 Å². The molecule has 0 unspecified atom stereocenters. The maximum Gasteiger partial charge on any atom is 0.252 e. The molecule has 0 bridgehead atoms. The van der Waals surface area contributed by atoms with Crippen LogP contribution in [-0.2, 0) is 16.1 Å². The second-order valence-corrected chi connectivity index (χ2v) is 5.32. The zero-order valence-corrected chi connectivity index (χ0v) is 12.1. The molecule has 1 saturated heterocycles. The molecule has 0 saturated carbocycles. The highest BCUT2D eigenvalue weighted by molar-refractivity contribution is 5.85. The van der Waals surface area contributed by atoms with Crippen LogP contribution in [0.25, 0.3) is 0 Å². The van der Waals surface area contributed by atoms with E-state index >= 15 is 0 Å². The predicted molar refractivity (Wildman–Crippen MR) is 76.3 cm³/mol. The summed E-state index contributed by atoms with van der Waals surface area (Å²) >= 11 is 0. The van der Waals surface area contributed by atoms with E-state index in [1.807, 2.05) is 18.2 Å². The maximum absolute atomic E-state index is 12.4. The van der Waals surface area contributed by atoms with Crippen molar-refractivity contribution in [2.75, 3.05) is 27.0 Å². The molecule has 2 aliphatic heterocycles. The number of nitrogens with one attached hydrogen (secondary N) is 2. The average Bonchev–Trinajstić information content (AvgIpc) is 3.00.